The number of hydrogen-bond donors (Lipinski definition) is 1. The zero-order valence-electron chi connectivity index (χ0n) is 14.3. The molecule has 136 valence electrons. The quantitative estimate of drug-likeness (QED) is 0.742. The Morgan fingerprint density at radius 1 is 1.12 bits per heavy atom. The van der Waals surface area contributed by atoms with E-state index in [-0.39, 0.29) is 10.6 Å². The second-order valence-corrected chi connectivity index (χ2v) is 7.31. The highest BCUT2D eigenvalue weighted by Crippen LogP contribution is 2.29. The Morgan fingerprint density at radius 3 is 2.23 bits per heavy atom. The van der Waals surface area contributed by atoms with Crippen molar-refractivity contribution >= 4 is 10.0 Å². The van der Waals surface area contributed by atoms with Gasteiger partial charge in [0.25, 0.3) is 0 Å². The summed E-state index contributed by atoms with van der Waals surface area (Å²) in [5, 5.41) is 9.45. The van der Waals surface area contributed by atoms with Crippen LogP contribution in [0.4, 0.5) is 4.39 Å². The molecule has 0 spiro atoms. The van der Waals surface area contributed by atoms with Crippen LogP contribution in [0.15, 0.2) is 59.5 Å². The molecule has 0 fully saturated rings. The lowest BCUT2D eigenvalue weighted by Crippen LogP contribution is -2.12. The Bertz CT molecular complexity index is 1010. The number of nitrogens with two attached hydrogens (primary N) is 1. The Kier molecular flexibility index (Phi) is 4.80. The summed E-state index contributed by atoms with van der Waals surface area (Å²) in [6, 6.07) is 14.9. The fraction of sp³-hybridized carbons (Fsp3) is 0.167. The number of sulfonamides is 1. The van der Waals surface area contributed by atoms with Gasteiger partial charge in [0.05, 0.1) is 29.1 Å². The molecule has 0 aliphatic rings. The van der Waals surface area contributed by atoms with E-state index < -0.39 is 16.2 Å². The molecule has 1 heterocycles. The second-order valence-electron chi connectivity index (χ2n) is 5.75. The average molecular weight is 375 g/mol. The lowest BCUT2D eigenvalue weighted by Gasteiger charge is -2.09. The predicted molar refractivity (Wildman–Crippen MR) is 96.4 cm³/mol. The summed E-state index contributed by atoms with van der Waals surface area (Å²) in [5.74, 6) is 0.705. The highest BCUT2D eigenvalue weighted by Gasteiger charge is 2.16. The first kappa shape index (κ1) is 18.1. The summed E-state index contributed by atoms with van der Waals surface area (Å²) in [6.45, 7) is 1.41. The number of methoxy groups -OCH3 is 1. The van der Waals surface area contributed by atoms with Gasteiger partial charge < -0.3 is 4.74 Å². The highest BCUT2D eigenvalue weighted by molar-refractivity contribution is 7.89. The molecule has 2 aromatic carbocycles. The first-order valence-electron chi connectivity index (χ1n) is 7.81. The van der Waals surface area contributed by atoms with Crippen molar-refractivity contribution in [2.45, 2.75) is 18.0 Å². The van der Waals surface area contributed by atoms with E-state index in [1.165, 1.54) is 19.1 Å². The van der Waals surface area contributed by atoms with Crippen molar-refractivity contribution in [1.82, 2.24) is 9.78 Å². The average Bonchev–Trinajstić information content (AvgIpc) is 3.07. The number of rotatable bonds is 5. The Balaban J connectivity index is 2.10. The van der Waals surface area contributed by atoms with E-state index in [1.54, 1.807) is 42.1 Å². The lowest BCUT2D eigenvalue weighted by molar-refractivity contribution is 0.364. The lowest BCUT2D eigenvalue weighted by atomic mass is 10.1. The van der Waals surface area contributed by atoms with Crippen molar-refractivity contribution in [2.24, 2.45) is 5.14 Å². The zero-order chi connectivity index (χ0) is 18.9. The molecule has 3 aromatic rings. The van der Waals surface area contributed by atoms with Crippen LogP contribution in [0.25, 0.3) is 16.9 Å². The number of hydrogen-bond acceptors (Lipinski definition) is 4. The molecule has 0 aliphatic heterocycles. The Labute approximate surface area is 151 Å². The van der Waals surface area contributed by atoms with E-state index >= 15 is 0 Å². The number of ether oxygens (including phenoxy) is 1. The van der Waals surface area contributed by atoms with E-state index in [0.29, 0.717) is 17.1 Å². The van der Waals surface area contributed by atoms with Gasteiger partial charge in [-0.25, -0.2) is 22.6 Å². The molecular weight excluding hydrogens is 357 g/mol. The fourth-order valence-electron chi connectivity index (χ4n) is 2.54. The van der Waals surface area contributed by atoms with Crippen LogP contribution in [-0.2, 0) is 10.0 Å². The van der Waals surface area contributed by atoms with E-state index in [2.05, 4.69) is 5.10 Å². The van der Waals surface area contributed by atoms with E-state index in [0.717, 1.165) is 5.56 Å². The minimum absolute atomic E-state index is 0.00140. The van der Waals surface area contributed by atoms with Gasteiger partial charge in [-0.3, -0.25) is 0 Å². The molecule has 6 nitrogen and oxygen atoms in total. The minimum Gasteiger partial charge on any atom is -0.497 e. The predicted octanol–water partition coefficient (Wildman–Crippen LogP) is 3.23. The van der Waals surface area contributed by atoms with Crippen LogP contribution in [-0.4, -0.2) is 25.3 Å². The number of benzene rings is 2. The van der Waals surface area contributed by atoms with E-state index in [1.807, 2.05) is 12.1 Å². The second kappa shape index (κ2) is 6.89. The largest absolute Gasteiger partial charge is 0.497 e. The summed E-state index contributed by atoms with van der Waals surface area (Å²) in [6.07, 6.45) is -1.24. The third kappa shape index (κ3) is 3.61. The number of primary sulfonamides is 1. The Morgan fingerprint density at radius 2 is 1.73 bits per heavy atom. The SMILES string of the molecule is COc1ccc(-c2cc(C(C)F)nn2-c2ccc(S(N)(=O)=O)cc2)cc1. The van der Waals surface area contributed by atoms with Crippen LogP contribution >= 0.6 is 0 Å². The van der Waals surface area contributed by atoms with E-state index in [4.69, 9.17) is 9.88 Å². The molecule has 3 rings (SSSR count). The van der Waals surface area contributed by atoms with Gasteiger partial charge in [0, 0.05) is 5.56 Å². The van der Waals surface area contributed by atoms with Gasteiger partial charge in [-0.15, -0.1) is 0 Å². The molecule has 0 aliphatic carbocycles. The maximum Gasteiger partial charge on any atom is 0.238 e. The van der Waals surface area contributed by atoms with Crippen molar-refractivity contribution < 1.29 is 17.5 Å². The van der Waals surface area contributed by atoms with Gasteiger partial charge in [-0.1, -0.05) is 0 Å². The molecule has 1 atom stereocenters. The summed E-state index contributed by atoms with van der Waals surface area (Å²) >= 11 is 0. The third-order valence-electron chi connectivity index (χ3n) is 3.93. The molecule has 2 N–H and O–H groups in total. The summed E-state index contributed by atoms with van der Waals surface area (Å²) in [4.78, 5) is -0.00140. The summed E-state index contributed by atoms with van der Waals surface area (Å²) < 4.78 is 43.4. The molecule has 0 saturated carbocycles. The van der Waals surface area contributed by atoms with Crippen molar-refractivity contribution in [1.29, 1.82) is 0 Å². The van der Waals surface area contributed by atoms with Gasteiger partial charge in [0.15, 0.2) is 0 Å². The molecule has 0 amide bonds. The minimum atomic E-state index is -3.78. The molecule has 1 unspecified atom stereocenters. The van der Waals surface area contributed by atoms with Crippen molar-refractivity contribution in [3.05, 3.63) is 60.3 Å². The van der Waals surface area contributed by atoms with Crippen LogP contribution in [0, 0.1) is 0 Å². The van der Waals surface area contributed by atoms with E-state index in [9.17, 15) is 12.8 Å². The number of aromatic nitrogens is 2. The van der Waals surface area contributed by atoms with Crippen LogP contribution in [0.3, 0.4) is 0 Å². The van der Waals surface area contributed by atoms with Crippen LogP contribution < -0.4 is 9.88 Å². The first-order chi connectivity index (χ1) is 12.3. The van der Waals surface area contributed by atoms with Gasteiger partial charge >= 0.3 is 0 Å². The number of alkyl halides is 1. The summed E-state index contributed by atoms with van der Waals surface area (Å²) in [7, 11) is -2.20. The molecule has 26 heavy (non-hydrogen) atoms. The van der Waals surface area contributed by atoms with Gasteiger partial charge in [0.2, 0.25) is 10.0 Å². The molecule has 8 heteroatoms. The smallest absolute Gasteiger partial charge is 0.238 e. The number of halogens is 1. The van der Waals surface area contributed by atoms with Crippen LogP contribution in [0.2, 0.25) is 0 Å². The van der Waals surface area contributed by atoms with Crippen molar-refractivity contribution in [2.75, 3.05) is 7.11 Å². The monoisotopic (exact) mass is 375 g/mol. The molecule has 0 saturated heterocycles. The van der Waals surface area contributed by atoms with Crippen LogP contribution in [0.1, 0.15) is 18.8 Å². The van der Waals surface area contributed by atoms with Crippen LogP contribution in [0.5, 0.6) is 5.75 Å². The van der Waals surface area contributed by atoms with Gasteiger partial charge in [-0.2, -0.15) is 5.10 Å². The summed E-state index contributed by atoms with van der Waals surface area (Å²) in [5.41, 5.74) is 2.37. The van der Waals surface area contributed by atoms with Gasteiger partial charge in [-0.05, 0) is 61.5 Å². The van der Waals surface area contributed by atoms with Crippen molar-refractivity contribution in [3.63, 3.8) is 0 Å². The third-order valence-corrected chi connectivity index (χ3v) is 4.86. The standard InChI is InChI=1S/C18H18FN3O3S/c1-12(19)17-11-18(13-3-7-15(25-2)8-4-13)22(21-17)14-5-9-16(10-6-14)26(20,23)24/h3-12H,1-2H3,(H2,20,23,24). The highest BCUT2D eigenvalue weighted by atomic mass is 32.2. The topological polar surface area (TPSA) is 87.2 Å². The molecule has 1 aromatic heterocycles. The zero-order valence-corrected chi connectivity index (χ0v) is 15.1. The molecular formula is C18H18FN3O3S. The maximum atomic E-state index is 13.8. The number of nitrogens with zero attached hydrogens (tertiary/aromatic N) is 2. The fourth-order valence-corrected chi connectivity index (χ4v) is 3.05. The molecule has 0 radical (unpaired) electrons. The maximum absolute atomic E-state index is 13.8. The first-order valence-corrected chi connectivity index (χ1v) is 9.36. The normalized spacial score (nSPS) is 12.8. The van der Waals surface area contributed by atoms with Crippen molar-refractivity contribution in [3.8, 4) is 22.7 Å². The Hall–Kier alpha value is -2.71. The van der Waals surface area contributed by atoms with Gasteiger partial charge in [0.1, 0.15) is 11.9 Å². The molecule has 0 bridgehead atoms.